The number of rotatable bonds is 5. The van der Waals surface area contributed by atoms with Gasteiger partial charge in [0.1, 0.15) is 0 Å². The van der Waals surface area contributed by atoms with Crippen molar-refractivity contribution in [3.8, 4) is 11.5 Å². The van der Waals surface area contributed by atoms with E-state index in [9.17, 15) is 4.79 Å². The van der Waals surface area contributed by atoms with E-state index < -0.39 is 0 Å². The number of benzene rings is 1. The lowest BCUT2D eigenvalue weighted by Gasteiger charge is -2.04. The van der Waals surface area contributed by atoms with Crippen LogP contribution >= 0.6 is 34.4 Å². The van der Waals surface area contributed by atoms with Gasteiger partial charge in [-0.05, 0) is 52.9 Å². The number of nitrogens with one attached hydrogen (secondary N) is 1. The number of pyridine rings is 1. The van der Waals surface area contributed by atoms with E-state index in [0.717, 1.165) is 14.8 Å². The highest BCUT2D eigenvalue weighted by Crippen LogP contribution is 2.22. The average molecular weight is 438 g/mol. The first kappa shape index (κ1) is 15.9. The van der Waals surface area contributed by atoms with Gasteiger partial charge in [0.15, 0.2) is 0 Å². The summed E-state index contributed by atoms with van der Waals surface area (Å²) >= 11 is 3.39. The molecule has 3 aromatic rings. The fraction of sp³-hybridized carbons (Fsp3) is 0.0667. The monoisotopic (exact) mass is 438 g/mol. The Labute approximate surface area is 150 Å². The zero-order valence-electron chi connectivity index (χ0n) is 11.8. The molecule has 2 aromatic heterocycles. The number of carbonyl (C=O) groups excluding carboxylic acids is 1. The van der Waals surface area contributed by atoms with Crippen LogP contribution < -0.4 is 5.32 Å². The molecule has 0 unspecified atom stereocenters. The van der Waals surface area contributed by atoms with E-state index in [2.05, 4.69) is 43.1 Å². The molecule has 23 heavy (non-hydrogen) atoms. The van der Waals surface area contributed by atoms with Crippen LogP contribution in [0.2, 0.25) is 0 Å². The number of aromatic nitrogens is 3. The van der Waals surface area contributed by atoms with Gasteiger partial charge in [-0.3, -0.25) is 9.78 Å². The first-order chi connectivity index (χ1) is 11.2. The molecule has 0 spiro atoms. The Hall–Kier alpha value is -1.94. The van der Waals surface area contributed by atoms with Crippen molar-refractivity contribution >= 4 is 45.9 Å². The lowest BCUT2D eigenvalue weighted by molar-refractivity contribution is -0.113. The second-order valence-electron chi connectivity index (χ2n) is 4.46. The van der Waals surface area contributed by atoms with Crippen molar-refractivity contribution in [2.75, 3.05) is 11.1 Å². The third kappa shape index (κ3) is 4.52. The second kappa shape index (κ2) is 7.55. The average Bonchev–Trinajstić information content (AvgIpc) is 3.03. The van der Waals surface area contributed by atoms with Crippen LogP contribution in [0.3, 0.4) is 0 Å². The normalized spacial score (nSPS) is 10.5. The van der Waals surface area contributed by atoms with E-state index in [1.54, 1.807) is 24.5 Å². The van der Waals surface area contributed by atoms with Gasteiger partial charge in [0.05, 0.1) is 5.75 Å². The van der Waals surface area contributed by atoms with Crippen LogP contribution in [0.5, 0.6) is 0 Å². The number of halogens is 1. The molecule has 6 nitrogen and oxygen atoms in total. The Kier molecular flexibility index (Phi) is 5.23. The van der Waals surface area contributed by atoms with E-state index in [1.165, 1.54) is 11.8 Å². The molecule has 0 fully saturated rings. The highest BCUT2D eigenvalue weighted by Gasteiger charge is 2.11. The summed E-state index contributed by atoms with van der Waals surface area (Å²) in [4.78, 5) is 15.9. The highest BCUT2D eigenvalue weighted by atomic mass is 127. The number of hydrogen-bond donors (Lipinski definition) is 1. The molecule has 1 amide bonds. The summed E-state index contributed by atoms with van der Waals surface area (Å²) in [7, 11) is 0. The molecular formula is C15H11IN4O2S. The van der Waals surface area contributed by atoms with Crippen molar-refractivity contribution in [2.24, 2.45) is 0 Å². The van der Waals surface area contributed by atoms with Crippen LogP contribution in [0.15, 0.2) is 58.4 Å². The fourth-order valence-corrected chi connectivity index (χ4v) is 2.88. The zero-order valence-corrected chi connectivity index (χ0v) is 14.7. The maximum Gasteiger partial charge on any atom is 0.277 e. The lowest BCUT2D eigenvalue weighted by atomic mass is 10.3. The van der Waals surface area contributed by atoms with E-state index in [4.69, 9.17) is 4.42 Å². The summed E-state index contributed by atoms with van der Waals surface area (Å²) in [5.74, 6) is 0.484. The van der Waals surface area contributed by atoms with Gasteiger partial charge in [-0.25, -0.2) is 0 Å². The maximum absolute atomic E-state index is 11.9. The number of nitrogens with zero attached hydrogens (tertiary/aromatic N) is 3. The molecule has 0 atom stereocenters. The Balaban J connectivity index is 1.56. The molecule has 116 valence electrons. The molecule has 0 radical (unpaired) electrons. The third-order valence-corrected chi connectivity index (χ3v) is 4.26. The van der Waals surface area contributed by atoms with Gasteiger partial charge in [0.2, 0.25) is 11.8 Å². The maximum atomic E-state index is 11.9. The van der Waals surface area contributed by atoms with E-state index >= 15 is 0 Å². The Morgan fingerprint density at radius 3 is 2.83 bits per heavy atom. The molecule has 1 N–H and O–H groups in total. The van der Waals surface area contributed by atoms with Crippen LogP contribution in [0.1, 0.15) is 0 Å². The number of amides is 1. The van der Waals surface area contributed by atoms with Gasteiger partial charge < -0.3 is 9.73 Å². The quantitative estimate of drug-likeness (QED) is 0.486. The number of thioether (sulfide) groups is 1. The summed E-state index contributed by atoms with van der Waals surface area (Å²) < 4.78 is 6.58. The largest absolute Gasteiger partial charge is 0.411 e. The van der Waals surface area contributed by atoms with Gasteiger partial charge >= 0.3 is 0 Å². The molecular weight excluding hydrogens is 427 g/mol. The topological polar surface area (TPSA) is 80.9 Å². The molecule has 1 aromatic carbocycles. The van der Waals surface area contributed by atoms with Gasteiger partial charge in [-0.1, -0.05) is 17.8 Å². The van der Waals surface area contributed by atoms with Crippen molar-refractivity contribution in [1.29, 1.82) is 0 Å². The highest BCUT2D eigenvalue weighted by molar-refractivity contribution is 14.1. The second-order valence-corrected chi connectivity index (χ2v) is 6.63. The molecule has 0 saturated carbocycles. The van der Waals surface area contributed by atoms with Crippen LogP contribution in [-0.2, 0) is 4.79 Å². The summed E-state index contributed by atoms with van der Waals surface area (Å²) in [6, 6.07) is 11.2. The third-order valence-electron chi connectivity index (χ3n) is 2.77. The molecule has 0 aliphatic carbocycles. The minimum atomic E-state index is -0.124. The Bertz CT molecular complexity index is 810. The van der Waals surface area contributed by atoms with Gasteiger partial charge in [-0.2, -0.15) is 0 Å². The van der Waals surface area contributed by atoms with E-state index in [0.29, 0.717) is 11.1 Å². The van der Waals surface area contributed by atoms with Crippen LogP contribution in [0.25, 0.3) is 11.5 Å². The standard InChI is InChI=1S/C15H11IN4O2S/c16-11-2-1-3-12(8-11)18-13(21)9-23-15-20-19-14(22-15)10-4-6-17-7-5-10/h1-8H,9H2,(H,18,21). The molecule has 0 saturated heterocycles. The molecule has 2 heterocycles. The summed E-state index contributed by atoms with van der Waals surface area (Å²) in [6.45, 7) is 0. The number of hydrogen-bond acceptors (Lipinski definition) is 6. The predicted octanol–water partition coefficient (Wildman–Crippen LogP) is 3.47. The predicted molar refractivity (Wildman–Crippen MR) is 96.0 cm³/mol. The van der Waals surface area contributed by atoms with E-state index in [1.807, 2.05) is 24.3 Å². The minimum Gasteiger partial charge on any atom is -0.411 e. The smallest absolute Gasteiger partial charge is 0.277 e. The van der Waals surface area contributed by atoms with E-state index in [-0.39, 0.29) is 11.7 Å². The fourth-order valence-electron chi connectivity index (χ4n) is 1.77. The zero-order chi connectivity index (χ0) is 16.1. The summed E-state index contributed by atoms with van der Waals surface area (Å²) in [5, 5.41) is 11.1. The molecule has 0 aliphatic rings. The van der Waals surface area contributed by atoms with Crippen LogP contribution in [0.4, 0.5) is 5.69 Å². The van der Waals surface area contributed by atoms with Crippen molar-refractivity contribution < 1.29 is 9.21 Å². The van der Waals surface area contributed by atoms with Crippen LogP contribution in [-0.4, -0.2) is 26.8 Å². The first-order valence-corrected chi connectivity index (χ1v) is 8.69. The Morgan fingerprint density at radius 2 is 2.04 bits per heavy atom. The molecule has 8 heteroatoms. The van der Waals surface area contributed by atoms with Gasteiger partial charge in [-0.15, -0.1) is 10.2 Å². The Morgan fingerprint density at radius 1 is 1.22 bits per heavy atom. The molecule has 0 aliphatic heterocycles. The number of carbonyl (C=O) groups is 1. The van der Waals surface area contributed by atoms with Crippen molar-refractivity contribution in [2.45, 2.75) is 5.22 Å². The van der Waals surface area contributed by atoms with Crippen molar-refractivity contribution in [3.63, 3.8) is 0 Å². The number of anilines is 1. The lowest BCUT2D eigenvalue weighted by Crippen LogP contribution is -2.13. The minimum absolute atomic E-state index is 0.124. The molecule has 3 rings (SSSR count). The first-order valence-electron chi connectivity index (χ1n) is 6.63. The SMILES string of the molecule is O=C(CSc1nnc(-c2ccncc2)o1)Nc1cccc(I)c1. The summed E-state index contributed by atoms with van der Waals surface area (Å²) in [6.07, 6.45) is 3.31. The molecule has 0 bridgehead atoms. The van der Waals surface area contributed by atoms with Crippen molar-refractivity contribution in [3.05, 3.63) is 52.4 Å². The van der Waals surface area contributed by atoms with Gasteiger partial charge in [0.25, 0.3) is 5.22 Å². The van der Waals surface area contributed by atoms with Crippen LogP contribution in [0, 0.1) is 3.57 Å². The van der Waals surface area contributed by atoms with Gasteiger partial charge in [0, 0.05) is 27.2 Å². The van der Waals surface area contributed by atoms with Crippen molar-refractivity contribution in [1.82, 2.24) is 15.2 Å². The summed E-state index contributed by atoms with van der Waals surface area (Å²) in [5.41, 5.74) is 1.56.